The van der Waals surface area contributed by atoms with E-state index in [-0.39, 0.29) is 24.3 Å². The Labute approximate surface area is 197 Å². The molecule has 3 aromatic rings. The summed E-state index contributed by atoms with van der Waals surface area (Å²) >= 11 is 0. The molecule has 176 valence electrons. The molecule has 8 heteroatoms. The number of ether oxygens (including phenoxy) is 2. The molecule has 34 heavy (non-hydrogen) atoms. The third-order valence-corrected chi connectivity index (χ3v) is 5.46. The number of hydrogen-bond acceptors (Lipinski definition) is 5. The SMILES string of the molecule is CCNC(=O)c1cn(CCc2ccccc2)cc(C(=O)NC[C@H]2COc3ccccc3O2)c1=O. The highest BCUT2D eigenvalue weighted by atomic mass is 16.6. The lowest BCUT2D eigenvalue weighted by Crippen LogP contribution is -2.42. The highest BCUT2D eigenvalue weighted by Gasteiger charge is 2.23. The van der Waals surface area contributed by atoms with Crippen molar-refractivity contribution >= 4 is 11.8 Å². The molecule has 0 radical (unpaired) electrons. The summed E-state index contributed by atoms with van der Waals surface area (Å²) in [6.45, 7) is 3.08. The Balaban J connectivity index is 1.50. The van der Waals surface area contributed by atoms with Crippen molar-refractivity contribution in [3.05, 3.63) is 93.9 Å². The molecule has 2 N–H and O–H groups in total. The smallest absolute Gasteiger partial charge is 0.256 e. The Hall–Kier alpha value is -4.07. The number of aryl methyl sites for hydroxylation is 2. The molecule has 0 bridgehead atoms. The van der Waals surface area contributed by atoms with E-state index < -0.39 is 23.3 Å². The van der Waals surface area contributed by atoms with E-state index in [1.54, 1.807) is 17.6 Å². The highest BCUT2D eigenvalue weighted by molar-refractivity contribution is 5.99. The van der Waals surface area contributed by atoms with Crippen LogP contribution in [0.15, 0.2) is 71.8 Å². The zero-order chi connectivity index (χ0) is 23.9. The van der Waals surface area contributed by atoms with Gasteiger partial charge in [-0.2, -0.15) is 0 Å². The Kier molecular flexibility index (Phi) is 7.27. The van der Waals surface area contributed by atoms with Gasteiger partial charge in [-0.3, -0.25) is 14.4 Å². The van der Waals surface area contributed by atoms with Gasteiger partial charge in [-0.1, -0.05) is 42.5 Å². The fourth-order valence-electron chi connectivity index (χ4n) is 3.71. The third kappa shape index (κ3) is 5.46. The fourth-order valence-corrected chi connectivity index (χ4v) is 3.71. The minimum Gasteiger partial charge on any atom is -0.486 e. The van der Waals surface area contributed by atoms with Crippen LogP contribution in [0, 0.1) is 0 Å². The summed E-state index contributed by atoms with van der Waals surface area (Å²) in [5, 5.41) is 5.39. The predicted molar refractivity (Wildman–Crippen MR) is 128 cm³/mol. The molecular formula is C26H27N3O5. The molecule has 8 nitrogen and oxygen atoms in total. The minimum atomic E-state index is -0.606. The van der Waals surface area contributed by atoms with Gasteiger partial charge in [-0.05, 0) is 31.0 Å². The van der Waals surface area contributed by atoms with E-state index in [1.807, 2.05) is 48.5 Å². The van der Waals surface area contributed by atoms with Gasteiger partial charge in [0.25, 0.3) is 11.8 Å². The number of benzene rings is 2. The van der Waals surface area contributed by atoms with Crippen molar-refractivity contribution in [1.29, 1.82) is 0 Å². The Morgan fingerprint density at radius 3 is 2.29 bits per heavy atom. The van der Waals surface area contributed by atoms with Crippen molar-refractivity contribution in [2.24, 2.45) is 0 Å². The second kappa shape index (κ2) is 10.7. The van der Waals surface area contributed by atoms with Crippen molar-refractivity contribution in [2.45, 2.75) is 26.0 Å². The molecule has 0 fully saturated rings. The number of nitrogens with one attached hydrogen (secondary N) is 2. The second-order valence-corrected chi connectivity index (χ2v) is 7.96. The number of carbonyl (C=O) groups excluding carboxylic acids is 2. The van der Waals surface area contributed by atoms with Gasteiger partial charge < -0.3 is 24.7 Å². The molecule has 2 amide bonds. The third-order valence-electron chi connectivity index (χ3n) is 5.46. The standard InChI is InChI=1S/C26H27N3O5/c1-2-27-25(31)20-15-29(13-12-18-8-4-3-5-9-18)16-21(24(20)30)26(32)28-14-19-17-33-22-10-6-7-11-23(22)34-19/h3-11,15-16,19H,2,12-14,17H2,1H3,(H,27,31)(H,28,32)/t19-/m0/s1. The number of para-hydroxylation sites is 2. The van der Waals surface area contributed by atoms with Crippen LogP contribution in [0.2, 0.25) is 0 Å². The molecule has 1 aliphatic rings. The van der Waals surface area contributed by atoms with Gasteiger partial charge in [0.1, 0.15) is 23.8 Å². The molecule has 0 spiro atoms. The molecule has 4 rings (SSSR count). The average Bonchev–Trinajstić information content (AvgIpc) is 2.87. The van der Waals surface area contributed by atoms with Gasteiger partial charge in [-0.25, -0.2) is 0 Å². The summed E-state index contributed by atoms with van der Waals surface area (Å²) in [6.07, 6.45) is 3.29. The number of nitrogens with zero attached hydrogens (tertiary/aromatic N) is 1. The van der Waals surface area contributed by atoms with Crippen LogP contribution in [-0.2, 0) is 13.0 Å². The minimum absolute atomic E-state index is 0.0614. The number of fused-ring (bicyclic) bond motifs is 1. The molecule has 0 saturated heterocycles. The van der Waals surface area contributed by atoms with E-state index in [9.17, 15) is 14.4 Å². The highest BCUT2D eigenvalue weighted by Crippen LogP contribution is 2.30. The fraction of sp³-hybridized carbons (Fsp3) is 0.269. The molecule has 1 aliphatic heterocycles. The van der Waals surface area contributed by atoms with Crippen molar-refractivity contribution < 1.29 is 19.1 Å². The van der Waals surface area contributed by atoms with Crippen LogP contribution in [0.4, 0.5) is 0 Å². The number of rotatable bonds is 8. The lowest BCUT2D eigenvalue weighted by molar-refractivity contribution is 0.0788. The maximum absolute atomic E-state index is 13.0. The first kappa shape index (κ1) is 23.1. The van der Waals surface area contributed by atoms with Gasteiger partial charge in [0.2, 0.25) is 5.43 Å². The Bertz CT molecular complexity index is 1220. The van der Waals surface area contributed by atoms with E-state index in [2.05, 4.69) is 10.6 Å². The Morgan fingerprint density at radius 1 is 0.941 bits per heavy atom. The van der Waals surface area contributed by atoms with Crippen LogP contribution >= 0.6 is 0 Å². The number of amides is 2. The zero-order valence-electron chi connectivity index (χ0n) is 19.0. The van der Waals surface area contributed by atoms with Gasteiger partial charge >= 0.3 is 0 Å². The number of pyridine rings is 1. The molecule has 2 aromatic carbocycles. The average molecular weight is 462 g/mol. The summed E-state index contributed by atoms with van der Waals surface area (Å²) in [4.78, 5) is 38.4. The molecule has 1 atom stereocenters. The van der Waals surface area contributed by atoms with Gasteiger partial charge in [0, 0.05) is 25.5 Å². The first-order chi connectivity index (χ1) is 16.5. The van der Waals surface area contributed by atoms with E-state index >= 15 is 0 Å². The van der Waals surface area contributed by atoms with Gasteiger partial charge in [-0.15, -0.1) is 0 Å². The Morgan fingerprint density at radius 2 is 1.59 bits per heavy atom. The van der Waals surface area contributed by atoms with E-state index in [0.717, 1.165) is 5.56 Å². The van der Waals surface area contributed by atoms with Gasteiger partial charge in [0.15, 0.2) is 11.5 Å². The predicted octanol–water partition coefficient (Wildman–Crippen LogP) is 2.41. The van der Waals surface area contributed by atoms with E-state index in [4.69, 9.17) is 9.47 Å². The van der Waals surface area contributed by atoms with Crippen LogP contribution in [-0.4, -0.2) is 42.2 Å². The van der Waals surface area contributed by atoms with Crippen molar-refractivity contribution in [3.63, 3.8) is 0 Å². The van der Waals surface area contributed by atoms with Crippen molar-refractivity contribution in [2.75, 3.05) is 19.7 Å². The summed E-state index contributed by atoms with van der Waals surface area (Å²) in [6, 6.07) is 17.2. The number of carbonyl (C=O) groups is 2. The number of hydrogen-bond donors (Lipinski definition) is 2. The monoisotopic (exact) mass is 461 g/mol. The number of aromatic nitrogens is 1. The largest absolute Gasteiger partial charge is 0.486 e. The van der Waals surface area contributed by atoms with Crippen molar-refractivity contribution in [3.8, 4) is 11.5 Å². The topological polar surface area (TPSA) is 98.7 Å². The molecule has 2 heterocycles. The van der Waals surface area contributed by atoms with Crippen LogP contribution in [0.1, 0.15) is 33.2 Å². The molecule has 0 aliphatic carbocycles. The maximum Gasteiger partial charge on any atom is 0.256 e. The maximum atomic E-state index is 13.0. The summed E-state index contributed by atoms with van der Waals surface area (Å²) < 4.78 is 13.3. The molecule has 1 aromatic heterocycles. The zero-order valence-corrected chi connectivity index (χ0v) is 19.0. The second-order valence-electron chi connectivity index (χ2n) is 7.96. The lowest BCUT2D eigenvalue weighted by Gasteiger charge is -2.26. The first-order valence-corrected chi connectivity index (χ1v) is 11.3. The van der Waals surface area contributed by atoms with Crippen LogP contribution < -0.4 is 25.5 Å². The molecular weight excluding hydrogens is 434 g/mol. The van der Waals surface area contributed by atoms with Crippen LogP contribution in [0.5, 0.6) is 11.5 Å². The normalized spacial score (nSPS) is 14.3. The summed E-state index contributed by atoms with van der Waals surface area (Å²) in [5.74, 6) is 0.193. The van der Waals surface area contributed by atoms with E-state index in [0.29, 0.717) is 31.0 Å². The first-order valence-electron chi connectivity index (χ1n) is 11.3. The van der Waals surface area contributed by atoms with Crippen LogP contribution in [0.3, 0.4) is 0 Å². The van der Waals surface area contributed by atoms with Crippen LogP contribution in [0.25, 0.3) is 0 Å². The summed E-state index contributed by atoms with van der Waals surface area (Å²) in [5.41, 5.74) is 0.356. The van der Waals surface area contributed by atoms with E-state index in [1.165, 1.54) is 12.4 Å². The molecule has 0 unspecified atom stereocenters. The lowest BCUT2D eigenvalue weighted by atomic mass is 10.1. The molecule has 0 saturated carbocycles. The quantitative estimate of drug-likeness (QED) is 0.537. The van der Waals surface area contributed by atoms with Gasteiger partial charge in [0.05, 0.1) is 6.54 Å². The summed E-state index contributed by atoms with van der Waals surface area (Å²) in [7, 11) is 0. The van der Waals surface area contributed by atoms with Crippen molar-refractivity contribution in [1.82, 2.24) is 15.2 Å².